The summed E-state index contributed by atoms with van der Waals surface area (Å²) >= 11 is 0. The molecule has 0 N–H and O–H groups in total. The van der Waals surface area contributed by atoms with E-state index in [1.165, 1.54) is 12.1 Å². The van der Waals surface area contributed by atoms with Crippen LogP contribution in [0.2, 0.25) is 0 Å². The summed E-state index contributed by atoms with van der Waals surface area (Å²) < 4.78 is 24.7. The van der Waals surface area contributed by atoms with Crippen molar-refractivity contribution in [2.75, 3.05) is 0 Å². The molecule has 4 heteroatoms. The number of aryl methyl sites for hydroxylation is 2. The summed E-state index contributed by atoms with van der Waals surface area (Å²) in [6.45, 7) is 2.15. The molecule has 4 rings (SSSR count). The van der Waals surface area contributed by atoms with Crippen LogP contribution in [0.4, 0.5) is 4.39 Å². The van der Waals surface area contributed by atoms with Crippen molar-refractivity contribution in [3.8, 4) is 5.75 Å². The van der Waals surface area contributed by atoms with Gasteiger partial charge in [-0.25, -0.2) is 9.18 Å². The Morgan fingerprint density at radius 2 is 1.92 bits per heavy atom. The van der Waals surface area contributed by atoms with Gasteiger partial charge in [0.05, 0.1) is 0 Å². The highest BCUT2D eigenvalue weighted by Crippen LogP contribution is 2.32. The van der Waals surface area contributed by atoms with Crippen LogP contribution in [0.25, 0.3) is 11.0 Å². The van der Waals surface area contributed by atoms with Crippen molar-refractivity contribution in [2.45, 2.75) is 39.2 Å². The summed E-state index contributed by atoms with van der Waals surface area (Å²) in [5, 5.41) is 1.00. The molecule has 128 valence electrons. The first kappa shape index (κ1) is 15.9. The molecule has 0 atom stereocenters. The third-order valence-electron chi connectivity index (χ3n) is 4.87. The van der Waals surface area contributed by atoms with Gasteiger partial charge in [0.25, 0.3) is 0 Å². The summed E-state index contributed by atoms with van der Waals surface area (Å²) in [4.78, 5) is 12.3. The van der Waals surface area contributed by atoms with Gasteiger partial charge in [-0.2, -0.15) is 0 Å². The molecule has 1 aliphatic carbocycles. The van der Waals surface area contributed by atoms with Gasteiger partial charge in [0.2, 0.25) is 0 Å². The van der Waals surface area contributed by atoms with Crippen LogP contribution in [-0.2, 0) is 19.4 Å². The van der Waals surface area contributed by atoms with Crippen molar-refractivity contribution in [2.24, 2.45) is 0 Å². The van der Waals surface area contributed by atoms with E-state index < -0.39 is 0 Å². The summed E-state index contributed by atoms with van der Waals surface area (Å²) in [5.41, 5.74) is 3.88. The van der Waals surface area contributed by atoms with Crippen LogP contribution in [-0.4, -0.2) is 0 Å². The minimum atomic E-state index is -0.283. The third kappa shape index (κ3) is 2.93. The molecule has 0 unspecified atom stereocenters. The monoisotopic (exact) mass is 338 g/mol. The molecular formula is C21H19FO3. The molecule has 0 spiro atoms. The molecule has 0 radical (unpaired) electrons. The largest absolute Gasteiger partial charge is 0.488 e. The van der Waals surface area contributed by atoms with E-state index in [0.29, 0.717) is 11.3 Å². The summed E-state index contributed by atoms with van der Waals surface area (Å²) in [7, 11) is 0. The van der Waals surface area contributed by atoms with Gasteiger partial charge in [0, 0.05) is 16.5 Å². The molecule has 0 bridgehead atoms. The Balaban J connectivity index is 1.72. The van der Waals surface area contributed by atoms with E-state index in [9.17, 15) is 9.18 Å². The Labute approximate surface area is 145 Å². The lowest BCUT2D eigenvalue weighted by Gasteiger charge is -2.18. The minimum absolute atomic E-state index is 0.229. The van der Waals surface area contributed by atoms with Crippen LogP contribution in [0, 0.1) is 12.7 Å². The molecule has 0 aliphatic heterocycles. The Morgan fingerprint density at radius 1 is 1.12 bits per heavy atom. The normalized spacial score (nSPS) is 13.7. The lowest BCUT2D eigenvalue weighted by molar-refractivity contribution is 0.303. The van der Waals surface area contributed by atoms with E-state index in [4.69, 9.17) is 9.15 Å². The van der Waals surface area contributed by atoms with Crippen molar-refractivity contribution in [3.05, 3.63) is 74.9 Å². The van der Waals surface area contributed by atoms with Crippen molar-refractivity contribution < 1.29 is 13.5 Å². The smallest absolute Gasteiger partial charge is 0.339 e. The van der Waals surface area contributed by atoms with Gasteiger partial charge in [0.15, 0.2) is 0 Å². The average molecular weight is 338 g/mol. The maximum atomic E-state index is 13.3. The first-order valence-electron chi connectivity index (χ1n) is 8.59. The molecular weight excluding hydrogens is 319 g/mol. The fourth-order valence-corrected chi connectivity index (χ4v) is 3.57. The second-order valence-corrected chi connectivity index (χ2v) is 6.54. The molecule has 2 aromatic carbocycles. The summed E-state index contributed by atoms with van der Waals surface area (Å²) in [6.07, 6.45) is 3.85. The molecule has 0 amide bonds. The standard InChI is InChI=1S/C21H19FO3/c1-13-19(24-12-14-5-4-6-15(22)11-14)10-9-17-16-7-2-3-8-18(16)21(23)25-20(13)17/h4-6,9-11H,2-3,7-8,12H2,1H3. The van der Waals surface area contributed by atoms with E-state index >= 15 is 0 Å². The van der Waals surface area contributed by atoms with Crippen LogP contribution in [0.3, 0.4) is 0 Å². The molecule has 25 heavy (non-hydrogen) atoms. The third-order valence-corrected chi connectivity index (χ3v) is 4.87. The number of ether oxygens (including phenoxy) is 1. The number of hydrogen-bond acceptors (Lipinski definition) is 3. The van der Waals surface area contributed by atoms with Gasteiger partial charge in [0.1, 0.15) is 23.8 Å². The molecule has 0 saturated heterocycles. The Kier molecular flexibility index (Phi) is 4.04. The van der Waals surface area contributed by atoms with E-state index in [2.05, 4.69) is 0 Å². The first-order chi connectivity index (χ1) is 12.1. The lowest BCUT2D eigenvalue weighted by Crippen LogP contribution is -2.16. The van der Waals surface area contributed by atoms with Crippen LogP contribution < -0.4 is 10.4 Å². The van der Waals surface area contributed by atoms with Gasteiger partial charge in [-0.1, -0.05) is 12.1 Å². The molecule has 0 saturated carbocycles. The molecule has 3 nitrogen and oxygen atoms in total. The number of fused-ring (bicyclic) bond motifs is 3. The van der Waals surface area contributed by atoms with Gasteiger partial charge in [-0.15, -0.1) is 0 Å². The van der Waals surface area contributed by atoms with E-state index in [0.717, 1.165) is 53.3 Å². The minimum Gasteiger partial charge on any atom is -0.488 e. The fraction of sp³-hybridized carbons (Fsp3) is 0.286. The topological polar surface area (TPSA) is 39.4 Å². The maximum absolute atomic E-state index is 13.3. The molecule has 1 aliphatic rings. The van der Waals surface area contributed by atoms with Gasteiger partial charge in [-0.3, -0.25) is 0 Å². The second-order valence-electron chi connectivity index (χ2n) is 6.54. The van der Waals surface area contributed by atoms with Gasteiger partial charge < -0.3 is 9.15 Å². The predicted molar refractivity (Wildman–Crippen MR) is 94.6 cm³/mol. The SMILES string of the molecule is Cc1c(OCc2cccc(F)c2)ccc2c3c(c(=O)oc12)CCCC3. The Morgan fingerprint density at radius 3 is 2.72 bits per heavy atom. The van der Waals surface area contributed by atoms with Crippen LogP contribution in [0.15, 0.2) is 45.6 Å². The van der Waals surface area contributed by atoms with Gasteiger partial charge >= 0.3 is 5.63 Å². The second kappa shape index (κ2) is 6.36. The summed E-state index contributed by atoms with van der Waals surface area (Å²) in [5.74, 6) is 0.365. The quantitative estimate of drug-likeness (QED) is 0.650. The van der Waals surface area contributed by atoms with E-state index in [1.807, 2.05) is 25.1 Å². The summed E-state index contributed by atoms with van der Waals surface area (Å²) in [6, 6.07) is 10.2. The number of halogens is 1. The fourth-order valence-electron chi connectivity index (χ4n) is 3.57. The van der Waals surface area contributed by atoms with E-state index in [1.54, 1.807) is 6.07 Å². The van der Waals surface area contributed by atoms with Crippen molar-refractivity contribution in [1.82, 2.24) is 0 Å². The van der Waals surface area contributed by atoms with Gasteiger partial charge in [-0.05, 0) is 68.0 Å². The van der Waals surface area contributed by atoms with Crippen LogP contribution in [0.5, 0.6) is 5.75 Å². The first-order valence-corrected chi connectivity index (χ1v) is 8.59. The van der Waals surface area contributed by atoms with E-state index in [-0.39, 0.29) is 18.0 Å². The zero-order chi connectivity index (χ0) is 17.4. The van der Waals surface area contributed by atoms with Crippen molar-refractivity contribution in [1.29, 1.82) is 0 Å². The number of benzene rings is 2. The van der Waals surface area contributed by atoms with Crippen LogP contribution in [0.1, 0.15) is 35.1 Å². The molecule has 0 fully saturated rings. The highest BCUT2D eigenvalue weighted by atomic mass is 19.1. The predicted octanol–water partition coefficient (Wildman–Crippen LogP) is 4.70. The van der Waals surface area contributed by atoms with Crippen LogP contribution >= 0.6 is 0 Å². The van der Waals surface area contributed by atoms with Crippen molar-refractivity contribution >= 4 is 11.0 Å². The lowest BCUT2D eigenvalue weighted by atomic mass is 9.90. The molecule has 3 aromatic rings. The zero-order valence-electron chi connectivity index (χ0n) is 14.1. The Hall–Kier alpha value is -2.62. The molecule has 1 aromatic heterocycles. The van der Waals surface area contributed by atoms with Crippen molar-refractivity contribution in [3.63, 3.8) is 0 Å². The molecule has 1 heterocycles. The number of hydrogen-bond donors (Lipinski definition) is 0. The highest BCUT2D eigenvalue weighted by molar-refractivity contribution is 5.86. The highest BCUT2D eigenvalue weighted by Gasteiger charge is 2.20. The average Bonchev–Trinajstić information content (AvgIpc) is 2.62. The Bertz CT molecular complexity index is 1000. The maximum Gasteiger partial charge on any atom is 0.339 e. The number of rotatable bonds is 3. The zero-order valence-corrected chi connectivity index (χ0v) is 14.1.